The van der Waals surface area contributed by atoms with Crippen LogP contribution in [0.2, 0.25) is 0 Å². The minimum absolute atomic E-state index is 0.186. The van der Waals surface area contributed by atoms with Crippen molar-refractivity contribution in [2.24, 2.45) is 17.1 Å². The zero-order valence-electron chi connectivity index (χ0n) is 13.6. The highest BCUT2D eigenvalue weighted by atomic mass is 15.1. The smallest absolute Gasteiger partial charge is 0.113 e. The summed E-state index contributed by atoms with van der Waals surface area (Å²) in [5, 5.41) is 0. The van der Waals surface area contributed by atoms with Crippen LogP contribution in [0.15, 0.2) is 24.3 Å². The minimum Gasteiger partial charge on any atom is -0.328 e. The fourth-order valence-corrected chi connectivity index (χ4v) is 4.00. The van der Waals surface area contributed by atoms with Gasteiger partial charge in [-0.25, -0.2) is 4.98 Å². The van der Waals surface area contributed by atoms with Gasteiger partial charge in [-0.15, -0.1) is 0 Å². The predicted octanol–water partition coefficient (Wildman–Crippen LogP) is 3.92. The monoisotopic (exact) mass is 285 g/mol. The number of para-hydroxylation sites is 2. The van der Waals surface area contributed by atoms with Crippen LogP contribution in [0.5, 0.6) is 0 Å². The molecule has 1 aromatic carbocycles. The number of hydrogen-bond donors (Lipinski definition) is 1. The van der Waals surface area contributed by atoms with Crippen molar-refractivity contribution in [3.05, 3.63) is 30.1 Å². The summed E-state index contributed by atoms with van der Waals surface area (Å²) in [6, 6.07) is 8.79. The molecule has 3 nitrogen and oxygen atoms in total. The standard InChI is InChI=1S/C18H27N3/c1-5-21-16-9-7-6-8-15(16)20-17(21)13-10-11-14(19)12(2)18(13,3)4/h6-9,12-14H,5,10-11,19H2,1-4H3. The van der Waals surface area contributed by atoms with E-state index in [9.17, 15) is 0 Å². The molecule has 0 amide bonds. The Hall–Kier alpha value is -1.35. The van der Waals surface area contributed by atoms with Crippen LogP contribution >= 0.6 is 0 Å². The number of hydrogen-bond acceptors (Lipinski definition) is 2. The van der Waals surface area contributed by atoms with E-state index < -0.39 is 0 Å². The van der Waals surface area contributed by atoms with Crippen LogP contribution in [0.1, 0.15) is 52.3 Å². The first kappa shape index (κ1) is 14.6. The molecule has 3 heteroatoms. The molecule has 3 atom stereocenters. The molecule has 2 aromatic rings. The van der Waals surface area contributed by atoms with Crippen LogP contribution in [0.25, 0.3) is 11.0 Å². The Bertz CT molecular complexity index is 641. The molecule has 0 saturated heterocycles. The Labute approximate surface area is 127 Å². The first-order chi connectivity index (χ1) is 9.96. The number of imidazole rings is 1. The summed E-state index contributed by atoms with van der Waals surface area (Å²) >= 11 is 0. The van der Waals surface area contributed by atoms with Crippen molar-refractivity contribution in [2.75, 3.05) is 0 Å². The van der Waals surface area contributed by atoms with Gasteiger partial charge in [-0.05, 0) is 43.2 Å². The maximum atomic E-state index is 6.31. The second-order valence-corrected chi connectivity index (χ2v) is 7.11. The fourth-order valence-electron chi connectivity index (χ4n) is 4.00. The second kappa shape index (κ2) is 5.13. The summed E-state index contributed by atoms with van der Waals surface area (Å²) in [7, 11) is 0. The Morgan fingerprint density at radius 3 is 2.71 bits per heavy atom. The third-order valence-corrected chi connectivity index (χ3v) is 5.81. The summed E-state index contributed by atoms with van der Waals surface area (Å²) in [5.41, 5.74) is 8.88. The van der Waals surface area contributed by atoms with Crippen molar-refractivity contribution in [1.29, 1.82) is 0 Å². The molecule has 0 spiro atoms. The van der Waals surface area contributed by atoms with E-state index in [1.807, 2.05) is 0 Å². The fraction of sp³-hybridized carbons (Fsp3) is 0.611. The maximum absolute atomic E-state index is 6.31. The van der Waals surface area contributed by atoms with Gasteiger partial charge in [0.1, 0.15) is 5.82 Å². The Kier molecular flexibility index (Phi) is 3.56. The van der Waals surface area contributed by atoms with Gasteiger partial charge >= 0.3 is 0 Å². The molecule has 1 aromatic heterocycles. The summed E-state index contributed by atoms with van der Waals surface area (Å²) in [5.74, 6) is 2.25. The lowest BCUT2D eigenvalue weighted by atomic mass is 9.61. The summed E-state index contributed by atoms with van der Waals surface area (Å²) in [6.45, 7) is 10.2. The van der Waals surface area contributed by atoms with Gasteiger partial charge in [-0.3, -0.25) is 0 Å². The van der Waals surface area contributed by atoms with Gasteiger partial charge < -0.3 is 10.3 Å². The van der Waals surface area contributed by atoms with E-state index in [4.69, 9.17) is 10.7 Å². The molecular weight excluding hydrogens is 258 g/mol. The normalized spacial score (nSPS) is 28.9. The summed E-state index contributed by atoms with van der Waals surface area (Å²) < 4.78 is 2.39. The Morgan fingerprint density at radius 1 is 1.29 bits per heavy atom. The summed E-state index contributed by atoms with van der Waals surface area (Å²) in [4.78, 5) is 4.98. The lowest BCUT2D eigenvalue weighted by molar-refractivity contribution is 0.0932. The van der Waals surface area contributed by atoms with Crippen molar-refractivity contribution < 1.29 is 0 Å². The van der Waals surface area contributed by atoms with Crippen LogP contribution in [0.4, 0.5) is 0 Å². The van der Waals surface area contributed by atoms with Gasteiger partial charge in [-0.1, -0.05) is 32.9 Å². The number of nitrogens with two attached hydrogens (primary N) is 1. The van der Waals surface area contributed by atoms with Crippen molar-refractivity contribution in [3.63, 3.8) is 0 Å². The molecule has 0 radical (unpaired) electrons. The highest BCUT2D eigenvalue weighted by Crippen LogP contribution is 2.49. The van der Waals surface area contributed by atoms with Crippen molar-refractivity contribution >= 4 is 11.0 Å². The second-order valence-electron chi connectivity index (χ2n) is 7.11. The van der Waals surface area contributed by atoms with Gasteiger partial charge in [0.15, 0.2) is 0 Å². The Balaban J connectivity index is 2.11. The van der Waals surface area contributed by atoms with Gasteiger partial charge in [0.2, 0.25) is 0 Å². The van der Waals surface area contributed by atoms with Crippen LogP contribution in [0.3, 0.4) is 0 Å². The van der Waals surface area contributed by atoms with Crippen LogP contribution in [-0.2, 0) is 6.54 Å². The first-order valence-corrected chi connectivity index (χ1v) is 8.17. The molecule has 3 unspecified atom stereocenters. The van der Waals surface area contributed by atoms with E-state index in [1.54, 1.807) is 0 Å². The number of nitrogens with zero attached hydrogens (tertiary/aromatic N) is 2. The Morgan fingerprint density at radius 2 is 2.00 bits per heavy atom. The van der Waals surface area contributed by atoms with E-state index >= 15 is 0 Å². The highest BCUT2D eigenvalue weighted by molar-refractivity contribution is 5.76. The quantitative estimate of drug-likeness (QED) is 0.908. The summed E-state index contributed by atoms with van der Waals surface area (Å²) in [6.07, 6.45) is 2.24. The molecule has 1 aliphatic rings. The number of benzene rings is 1. The first-order valence-electron chi connectivity index (χ1n) is 8.17. The topological polar surface area (TPSA) is 43.8 Å². The molecule has 21 heavy (non-hydrogen) atoms. The molecular formula is C18H27N3. The average molecular weight is 285 g/mol. The zero-order valence-corrected chi connectivity index (χ0v) is 13.6. The van der Waals surface area contributed by atoms with Gasteiger partial charge in [-0.2, -0.15) is 0 Å². The van der Waals surface area contributed by atoms with E-state index in [0.29, 0.717) is 17.9 Å². The lowest BCUT2D eigenvalue weighted by Crippen LogP contribution is -2.46. The number of aromatic nitrogens is 2. The average Bonchev–Trinajstić information content (AvgIpc) is 2.83. The third kappa shape index (κ3) is 2.18. The molecule has 0 aliphatic heterocycles. The van der Waals surface area contributed by atoms with E-state index in [1.165, 1.54) is 11.3 Å². The number of aryl methyl sites for hydroxylation is 1. The van der Waals surface area contributed by atoms with E-state index in [0.717, 1.165) is 24.9 Å². The lowest BCUT2D eigenvalue weighted by Gasteiger charge is -2.46. The van der Waals surface area contributed by atoms with Crippen molar-refractivity contribution in [1.82, 2.24) is 9.55 Å². The molecule has 1 heterocycles. The minimum atomic E-state index is 0.186. The molecule has 114 valence electrons. The van der Waals surface area contributed by atoms with Crippen LogP contribution < -0.4 is 5.73 Å². The zero-order chi connectivity index (χ0) is 15.2. The maximum Gasteiger partial charge on any atom is 0.113 e. The molecule has 3 rings (SSSR count). The third-order valence-electron chi connectivity index (χ3n) is 5.81. The SMILES string of the molecule is CCn1c(C2CCC(N)C(C)C2(C)C)nc2ccccc21. The highest BCUT2D eigenvalue weighted by Gasteiger charge is 2.44. The van der Waals surface area contributed by atoms with Crippen molar-refractivity contribution in [3.8, 4) is 0 Å². The molecule has 0 bridgehead atoms. The number of rotatable bonds is 2. The molecule has 2 N–H and O–H groups in total. The molecule has 1 saturated carbocycles. The molecule has 1 aliphatic carbocycles. The largest absolute Gasteiger partial charge is 0.328 e. The van der Waals surface area contributed by atoms with Crippen LogP contribution in [-0.4, -0.2) is 15.6 Å². The predicted molar refractivity (Wildman–Crippen MR) is 88.3 cm³/mol. The van der Waals surface area contributed by atoms with E-state index in [-0.39, 0.29) is 5.41 Å². The van der Waals surface area contributed by atoms with Crippen LogP contribution in [0, 0.1) is 11.3 Å². The van der Waals surface area contributed by atoms with E-state index in [2.05, 4.69) is 56.5 Å². The van der Waals surface area contributed by atoms with Gasteiger partial charge in [0.05, 0.1) is 11.0 Å². The molecule has 1 fully saturated rings. The van der Waals surface area contributed by atoms with Gasteiger partial charge in [0.25, 0.3) is 0 Å². The number of fused-ring (bicyclic) bond motifs is 1. The van der Waals surface area contributed by atoms with Crippen molar-refractivity contribution in [2.45, 2.75) is 59.0 Å². The van der Waals surface area contributed by atoms with Gasteiger partial charge in [0, 0.05) is 18.5 Å².